The maximum Gasteiger partial charge on any atom is 0.335 e. The molecule has 0 fully saturated rings. The summed E-state index contributed by atoms with van der Waals surface area (Å²) in [5, 5.41) is 9.23. The molecule has 1 aliphatic heterocycles. The van der Waals surface area contributed by atoms with Crippen LogP contribution in [-0.4, -0.2) is 60.6 Å². The van der Waals surface area contributed by atoms with Gasteiger partial charge in [-0.2, -0.15) is 0 Å². The number of ether oxygens (including phenoxy) is 2. The Morgan fingerprint density at radius 3 is 2.30 bits per heavy atom. The van der Waals surface area contributed by atoms with E-state index in [1.807, 2.05) is 0 Å². The number of hydrogen-bond acceptors (Lipinski definition) is 7. The number of hydrogen-bond donors (Lipinski definition) is 1. The van der Waals surface area contributed by atoms with Crippen molar-refractivity contribution in [1.29, 1.82) is 0 Å². The van der Waals surface area contributed by atoms with E-state index in [9.17, 15) is 19.5 Å². The summed E-state index contributed by atoms with van der Waals surface area (Å²) in [7, 11) is 0. The molecule has 1 heterocycles. The molecule has 1 unspecified atom stereocenters. The van der Waals surface area contributed by atoms with Gasteiger partial charge in [0.25, 0.3) is 0 Å². The fourth-order valence-corrected chi connectivity index (χ4v) is 2.71. The van der Waals surface area contributed by atoms with Crippen LogP contribution in [0.4, 0.5) is 0 Å². The molecule has 0 saturated carbocycles. The van der Waals surface area contributed by atoms with Gasteiger partial charge in [0.05, 0.1) is 25.4 Å². The zero-order valence-corrected chi connectivity index (χ0v) is 14.2. The summed E-state index contributed by atoms with van der Waals surface area (Å²) in [4.78, 5) is 38.6. The Labute approximate surface area is 136 Å². The molecule has 0 aromatic carbocycles. The maximum atomic E-state index is 12.4. The molecule has 7 nitrogen and oxygen atoms in total. The minimum Gasteiger partial charge on any atom is -0.465 e. The SMILES string of the molecule is CCOC(=O)C1=C(C)N(CCO)CC(C(C)=O)(C(=O)OCC)C1. The van der Waals surface area contributed by atoms with E-state index in [-0.39, 0.29) is 50.7 Å². The monoisotopic (exact) mass is 327 g/mol. The number of nitrogens with zero attached hydrogens (tertiary/aromatic N) is 1. The van der Waals surface area contributed by atoms with Crippen molar-refractivity contribution in [2.75, 3.05) is 32.9 Å². The van der Waals surface area contributed by atoms with Gasteiger partial charge in [0.15, 0.2) is 0 Å². The van der Waals surface area contributed by atoms with Gasteiger partial charge in [-0.15, -0.1) is 0 Å². The van der Waals surface area contributed by atoms with Crippen molar-refractivity contribution in [2.24, 2.45) is 5.41 Å². The molecule has 0 amide bonds. The van der Waals surface area contributed by atoms with Gasteiger partial charge < -0.3 is 19.5 Å². The minimum absolute atomic E-state index is 0.0479. The number of rotatable bonds is 7. The molecular weight excluding hydrogens is 302 g/mol. The van der Waals surface area contributed by atoms with Crippen molar-refractivity contribution in [3.63, 3.8) is 0 Å². The van der Waals surface area contributed by atoms with Crippen molar-refractivity contribution >= 4 is 17.7 Å². The van der Waals surface area contributed by atoms with Crippen molar-refractivity contribution in [3.8, 4) is 0 Å². The first-order valence-electron chi connectivity index (χ1n) is 7.75. The lowest BCUT2D eigenvalue weighted by Crippen LogP contribution is -2.52. The first kappa shape index (κ1) is 19.2. The largest absolute Gasteiger partial charge is 0.465 e. The van der Waals surface area contributed by atoms with Crippen molar-refractivity contribution < 1.29 is 29.0 Å². The normalized spacial score (nSPS) is 21.2. The van der Waals surface area contributed by atoms with Crippen LogP contribution in [0.2, 0.25) is 0 Å². The lowest BCUT2D eigenvalue weighted by molar-refractivity contribution is -0.161. The average Bonchev–Trinajstić information content (AvgIpc) is 2.49. The second kappa shape index (κ2) is 8.10. The molecule has 1 aliphatic rings. The van der Waals surface area contributed by atoms with E-state index < -0.39 is 17.4 Å². The smallest absolute Gasteiger partial charge is 0.335 e. The van der Waals surface area contributed by atoms with Crippen LogP contribution in [0.25, 0.3) is 0 Å². The summed E-state index contributed by atoms with van der Waals surface area (Å²) in [6.07, 6.45) is -0.0479. The standard InChI is InChI=1S/C16H25NO6/c1-5-22-14(20)13-9-16(12(4)19,15(21)23-6-2)10-17(7-8-18)11(13)3/h18H,5-10H2,1-4H3. The van der Waals surface area contributed by atoms with Crippen molar-refractivity contribution in [2.45, 2.75) is 34.1 Å². The van der Waals surface area contributed by atoms with Crippen LogP contribution < -0.4 is 0 Å². The predicted octanol–water partition coefficient (Wildman–Crippen LogP) is 0.660. The molecule has 0 aromatic heterocycles. The van der Waals surface area contributed by atoms with Crippen LogP contribution in [0.1, 0.15) is 34.1 Å². The molecule has 7 heteroatoms. The summed E-state index contributed by atoms with van der Waals surface area (Å²) >= 11 is 0. The second-order valence-electron chi connectivity index (χ2n) is 5.47. The molecule has 130 valence electrons. The molecule has 0 spiro atoms. The number of aliphatic hydroxyl groups excluding tert-OH is 1. The van der Waals surface area contributed by atoms with Gasteiger partial charge in [0.2, 0.25) is 0 Å². The van der Waals surface area contributed by atoms with E-state index in [0.29, 0.717) is 5.70 Å². The van der Waals surface area contributed by atoms with Gasteiger partial charge >= 0.3 is 11.9 Å². The first-order valence-corrected chi connectivity index (χ1v) is 7.75. The third kappa shape index (κ3) is 3.90. The van der Waals surface area contributed by atoms with Gasteiger partial charge in [-0.1, -0.05) is 0 Å². The number of allylic oxidation sites excluding steroid dienone is 1. The highest BCUT2D eigenvalue weighted by Crippen LogP contribution is 2.38. The average molecular weight is 327 g/mol. The first-order chi connectivity index (χ1) is 10.8. The van der Waals surface area contributed by atoms with E-state index in [1.165, 1.54) is 6.92 Å². The Morgan fingerprint density at radius 1 is 1.22 bits per heavy atom. The molecule has 1 N–H and O–H groups in total. The Bertz CT molecular complexity index is 513. The second-order valence-corrected chi connectivity index (χ2v) is 5.47. The summed E-state index contributed by atoms with van der Waals surface area (Å²) in [6, 6.07) is 0. The summed E-state index contributed by atoms with van der Waals surface area (Å²) in [6.45, 7) is 6.85. The topological polar surface area (TPSA) is 93.1 Å². The summed E-state index contributed by atoms with van der Waals surface area (Å²) in [5.41, 5.74) is -0.569. The van der Waals surface area contributed by atoms with Crippen LogP contribution in [0.5, 0.6) is 0 Å². The number of ketones is 1. The number of Topliss-reactive ketones (excluding diaryl/α,β-unsaturated/α-hetero) is 1. The highest BCUT2D eigenvalue weighted by molar-refractivity contribution is 6.05. The molecule has 0 radical (unpaired) electrons. The van der Waals surface area contributed by atoms with Gasteiger partial charge in [0, 0.05) is 25.2 Å². The fraction of sp³-hybridized carbons (Fsp3) is 0.688. The predicted molar refractivity (Wildman–Crippen MR) is 82.4 cm³/mol. The Hall–Kier alpha value is -1.89. The van der Waals surface area contributed by atoms with Gasteiger partial charge in [0.1, 0.15) is 11.2 Å². The van der Waals surface area contributed by atoms with E-state index in [0.717, 1.165) is 0 Å². The Balaban J connectivity index is 3.33. The van der Waals surface area contributed by atoms with Crippen LogP contribution in [-0.2, 0) is 23.9 Å². The number of carbonyl (C=O) groups is 3. The van der Waals surface area contributed by atoms with Gasteiger partial charge in [-0.3, -0.25) is 9.59 Å². The Kier molecular flexibility index (Phi) is 6.75. The number of aliphatic hydroxyl groups is 1. The molecule has 0 saturated heterocycles. The third-order valence-electron chi connectivity index (χ3n) is 4.08. The highest BCUT2D eigenvalue weighted by atomic mass is 16.5. The van der Waals surface area contributed by atoms with Gasteiger partial charge in [-0.25, -0.2) is 4.79 Å². The number of β-amino-alcohol motifs (C(OH)–C–C–N with tert-alkyl or cyclic N) is 1. The maximum absolute atomic E-state index is 12.4. The zero-order chi connectivity index (χ0) is 17.6. The van der Waals surface area contributed by atoms with Crippen LogP contribution in [0.3, 0.4) is 0 Å². The Morgan fingerprint density at radius 2 is 1.83 bits per heavy atom. The summed E-state index contributed by atoms with van der Waals surface area (Å²) in [5.74, 6) is -1.57. The van der Waals surface area contributed by atoms with E-state index in [4.69, 9.17) is 9.47 Å². The van der Waals surface area contributed by atoms with E-state index in [2.05, 4.69) is 0 Å². The number of esters is 2. The molecule has 0 bridgehead atoms. The number of carbonyl (C=O) groups excluding carboxylic acids is 3. The molecule has 0 aliphatic carbocycles. The fourth-order valence-electron chi connectivity index (χ4n) is 2.71. The molecule has 23 heavy (non-hydrogen) atoms. The molecule has 0 aromatic rings. The molecular formula is C16H25NO6. The lowest BCUT2D eigenvalue weighted by atomic mass is 9.74. The van der Waals surface area contributed by atoms with Crippen molar-refractivity contribution in [3.05, 3.63) is 11.3 Å². The quantitative estimate of drug-likeness (QED) is 0.542. The minimum atomic E-state index is -1.45. The third-order valence-corrected chi connectivity index (χ3v) is 4.08. The molecule has 1 rings (SSSR count). The van der Waals surface area contributed by atoms with Crippen LogP contribution in [0.15, 0.2) is 11.3 Å². The van der Waals surface area contributed by atoms with E-state index in [1.54, 1.807) is 25.7 Å². The summed E-state index contributed by atoms with van der Waals surface area (Å²) < 4.78 is 10.1. The highest BCUT2D eigenvalue weighted by Gasteiger charge is 2.50. The van der Waals surface area contributed by atoms with Crippen molar-refractivity contribution in [1.82, 2.24) is 4.90 Å². The van der Waals surface area contributed by atoms with Gasteiger partial charge in [-0.05, 0) is 27.7 Å². The van der Waals surface area contributed by atoms with E-state index >= 15 is 0 Å². The lowest BCUT2D eigenvalue weighted by Gasteiger charge is -2.41. The van der Waals surface area contributed by atoms with Crippen LogP contribution in [0, 0.1) is 5.41 Å². The zero-order valence-electron chi connectivity index (χ0n) is 14.2. The molecule has 1 atom stereocenters. The van der Waals surface area contributed by atoms with Crippen LogP contribution >= 0.6 is 0 Å².